The fourth-order valence-corrected chi connectivity index (χ4v) is 3.05. The van der Waals surface area contributed by atoms with Crippen LogP contribution in [-0.4, -0.2) is 55.5 Å². The van der Waals surface area contributed by atoms with Crippen molar-refractivity contribution in [2.45, 2.75) is 33.6 Å². The highest BCUT2D eigenvalue weighted by atomic mass is 32.2. The number of hydrogen-bond donors (Lipinski definition) is 0. The van der Waals surface area contributed by atoms with E-state index in [0.717, 1.165) is 6.42 Å². The second-order valence-corrected chi connectivity index (χ2v) is 7.37. The molecular formula is C12H24N2O3S. The highest BCUT2D eigenvalue weighted by Gasteiger charge is 2.27. The van der Waals surface area contributed by atoms with Crippen LogP contribution in [0.5, 0.6) is 0 Å². The van der Waals surface area contributed by atoms with E-state index in [-0.39, 0.29) is 11.7 Å². The fraction of sp³-hybridized carbons (Fsp3) is 0.917. The molecule has 0 spiro atoms. The summed E-state index contributed by atoms with van der Waals surface area (Å²) in [5, 5.41) is 0. The van der Waals surface area contributed by atoms with Crippen molar-refractivity contribution in [2.24, 2.45) is 5.92 Å². The van der Waals surface area contributed by atoms with E-state index in [2.05, 4.69) is 13.8 Å². The Morgan fingerprint density at radius 1 is 1.17 bits per heavy atom. The van der Waals surface area contributed by atoms with Gasteiger partial charge in [0.15, 0.2) is 0 Å². The molecule has 6 heteroatoms. The predicted octanol–water partition coefficient (Wildman–Crippen LogP) is 0.916. The molecule has 0 bridgehead atoms. The number of piperazine rings is 1. The van der Waals surface area contributed by atoms with Gasteiger partial charge in [-0.05, 0) is 19.3 Å². The van der Waals surface area contributed by atoms with Crippen LogP contribution in [0.2, 0.25) is 0 Å². The molecule has 18 heavy (non-hydrogen) atoms. The minimum atomic E-state index is -3.10. The van der Waals surface area contributed by atoms with Crippen LogP contribution in [0.4, 0.5) is 0 Å². The third-order valence-corrected chi connectivity index (χ3v) is 5.17. The molecule has 0 aliphatic carbocycles. The van der Waals surface area contributed by atoms with E-state index in [1.165, 1.54) is 4.31 Å². The van der Waals surface area contributed by atoms with Crippen LogP contribution in [0.15, 0.2) is 0 Å². The first-order chi connectivity index (χ1) is 8.36. The Hall–Kier alpha value is -0.620. The molecular weight excluding hydrogens is 252 g/mol. The van der Waals surface area contributed by atoms with E-state index in [0.29, 0.717) is 38.5 Å². The van der Waals surface area contributed by atoms with E-state index >= 15 is 0 Å². The van der Waals surface area contributed by atoms with Crippen molar-refractivity contribution >= 4 is 15.9 Å². The lowest BCUT2D eigenvalue weighted by Gasteiger charge is -2.34. The van der Waals surface area contributed by atoms with Gasteiger partial charge in [0.05, 0.1) is 5.75 Å². The summed E-state index contributed by atoms with van der Waals surface area (Å²) in [5.41, 5.74) is 0. The van der Waals surface area contributed by atoms with Crippen molar-refractivity contribution in [2.75, 3.05) is 31.9 Å². The van der Waals surface area contributed by atoms with Crippen molar-refractivity contribution < 1.29 is 13.2 Å². The third-order valence-electron chi connectivity index (χ3n) is 3.29. The zero-order valence-corrected chi connectivity index (χ0v) is 12.4. The second kappa shape index (κ2) is 6.52. The largest absolute Gasteiger partial charge is 0.340 e. The summed E-state index contributed by atoms with van der Waals surface area (Å²) in [6, 6.07) is 0. The second-order valence-electron chi connectivity index (χ2n) is 5.11. The molecule has 0 N–H and O–H groups in total. The quantitative estimate of drug-likeness (QED) is 0.750. The summed E-state index contributed by atoms with van der Waals surface area (Å²) in [4.78, 5) is 13.7. The maximum atomic E-state index is 11.9. The molecule has 1 saturated heterocycles. The van der Waals surface area contributed by atoms with Crippen molar-refractivity contribution in [1.29, 1.82) is 0 Å². The van der Waals surface area contributed by atoms with Gasteiger partial charge in [-0.1, -0.05) is 13.8 Å². The molecule has 0 aromatic heterocycles. The lowest BCUT2D eigenvalue weighted by atomic mass is 10.1. The van der Waals surface area contributed by atoms with Crippen LogP contribution in [0.1, 0.15) is 33.6 Å². The van der Waals surface area contributed by atoms with E-state index in [1.54, 1.807) is 11.8 Å². The molecule has 0 unspecified atom stereocenters. The van der Waals surface area contributed by atoms with Gasteiger partial charge < -0.3 is 4.90 Å². The van der Waals surface area contributed by atoms with Gasteiger partial charge in [0.25, 0.3) is 0 Å². The van der Waals surface area contributed by atoms with Gasteiger partial charge >= 0.3 is 0 Å². The molecule has 0 aromatic carbocycles. The first-order valence-corrected chi connectivity index (χ1v) is 8.23. The van der Waals surface area contributed by atoms with Gasteiger partial charge in [0.2, 0.25) is 15.9 Å². The third kappa shape index (κ3) is 4.24. The molecule has 1 fully saturated rings. The van der Waals surface area contributed by atoms with E-state index in [4.69, 9.17) is 0 Å². The number of hydrogen-bond acceptors (Lipinski definition) is 3. The smallest absolute Gasteiger partial charge is 0.222 e. The molecule has 0 aromatic rings. The number of nitrogens with zero attached hydrogens (tertiary/aromatic N) is 2. The zero-order chi connectivity index (χ0) is 13.8. The van der Waals surface area contributed by atoms with Crippen molar-refractivity contribution in [3.8, 4) is 0 Å². The number of amides is 1. The Morgan fingerprint density at radius 2 is 1.72 bits per heavy atom. The molecule has 0 saturated carbocycles. The average Bonchev–Trinajstić information content (AvgIpc) is 2.36. The Labute approximate surface area is 110 Å². The molecule has 106 valence electrons. The number of rotatable bonds is 5. The Kier molecular flexibility index (Phi) is 5.59. The van der Waals surface area contributed by atoms with Crippen LogP contribution >= 0.6 is 0 Å². The van der Waals surface area contributed by atoms with E-state index in [1.807, 2.05) is 0 Å². The van der Waals surface area contributed by atoms with Gasteiger partial charge in [-0.25, -0.2) is 8.42 Å². The summed E-state index contributed by atoms with van der Waals surface area (Å²) in [7, 11) is -3.10. The van der Waals surface area contributed by atoms with Crippen LogP contribution in [-0.2, 0) is 14.8 Å². The van der Waals surface area contributed by atoms with Crippen LogP contribution in [0.3, 0.4) is 0 Å². The molecule has 1 amide bonds. The molecule has 1 rings (SSSR count). The first-order valence-electron chi connectivity index (χ1n) is 6.62. The Balaban J connectivity index is 2.42. The highest BCUT2D eigenvalue weighted by molar-refractivity contribution is 7.89. The van der Waals surface area contributed by atoms with Gasteiger partial charge in [-0.3, -0.25) is 4.79 Å². The maximum absolute atomic E-state index is 11.9. The predicted molar refractivity (Wildman–Crippen MR) is 71.7 cm³/mol. The summed E-state index contributed by atoms with van der Waals surface area (Å²) >= 11 is 0. The molecule has 0 atom stereocenters. The average molecular weight is 276 g/mol. The van der Waals surface area contributed by atoms with Crippen LogP contribution in [0.25, 0.3) is 0 Å². The number of carbonyl (C=O) groups is 1. The first kappa shape index (κ1) is 15.4. The van der Waals surface area contributed by atoms with E-state index in [9.17, 15) is 13.2 Å². The van der Waals surface area contributed by atoms with Crippen molar-refractivity contribution in [3.05, 3.63) is 0 Å². The minimum Gasteiger partial charge on any atom is -0.340 e. The monoisotopic (exact) mass is 276 g/mol. The van der Waals surface area contributed by atoms with Gasteiger partial charge in [0, 0.05) is 32.6 Å². The van der Waals surface area contributed by atoms with Gasteiger partial charge in [-0.15, -0.1) is 0 Å². The topological polar surface area (TPSA) is 57.7 Å². The normalized spacial score (nSPS) is 18.3. The van der Waals surface area contributed by atoms with Crippen LogP contribution < -0.4 is 0 Å². The van der Waals surface area contributed by atoms with Crippen molar-refractivity contribution in [3.63, 3.8) is 0 Å². The van der Waals surface area contributed by atoms with Crippen LogP contribution in [0, 0.1) is 5.92 Å². The van der Waals surface area contributed by atoms with E-state index < -0.39 is 10.0 Å². The fourth-order valence-electron chi connectivity index (χ4n) is 1.97. The van der Waals surface area contributed by atoms with Gasteiger partial charge in [0.1, 0.15) is 0 Å². The summed E-state index contributed by atoms with van der Waals surface area (Å²) in [6.45, 7) is 7.76. The molecule has 1 aliphatic heterocycles. The standard InChI is InChI=1S/C12H24N2O3S/c1-4-18(16,17)14-9-7-13(8-10-14)12(15)6-5-11(2)3/h11H,4-10H2,1-3H3. The van der Waals surface area contributed by atoms with Gasteiger partial charge in [-0.2, -0.15) is 4.31 Å². The minimum absolute atomic E-state index is 0.133. The summed E-state index contributed by atoms with van der Waals surface area (Å²) < 4.78 is 24.8. The van der Waals surface area contributed by atoms with Crippen molar-refractivity contribution in [1.82, 2.24) is 9.21 Å². The summed E-state index contributed by atoms with van der Waals surface area (Å²) in [5.74, 6) is 0.807. The highest BCUT2D eigenvalue weighted by Crippen LogP contribution is 2.11. The molecule has 1 heterocycles. The lowest BCUT2D eigenvalue weighted by Crippen LogP contribution is -2.50. The summed E-state index contributed by atoms with van der Waals surface area (Å²) in [6.07, 6.45) is 1.46. The zero-order valence-electron chi connectivity index (χ0n) is 11.6. The number of sulfonamides is 1. The molecule has 1 aliphatic rings. The maximum Gasteiger partial charge on any atom is 0.222 e. The molecule has 0 radical (unpaired) electrons. The SMILES string of the molecule is CCS(=O)(=O)N1CCN(C(=O)CCC(C)C)CC1. The molecule has 5 nitrogen and oxygen atoms in total. The Morgan fingerprint density at radius 3 is 2.17 bits per heavy atom. The number of carbonyl (C=O) groups excluding carboxylic acids is 1. The lowest BCUT2D eigenvalue weighted by molar-refractivity contribution is -0.132. The Bertz CT molecular complexity index is 371.